The highest BCUT2D eigenvalue weighted by atomic mass is 16.6. The van der Waals surface area contributed by atoms with E-state index in [9.17, 15) is 10.1 Å². The number of anilines is 2. The third-order valence-electron chi connectivity index (χ3n) is 2.23. The standard InChI is InChI=1S/C10H17N5O2/c1-4-5-6-11-9-8(15(16)17)10(14(2)3)13-7-12-9/h7H,4-6H2,1-3H3,(H,11,12,13). The molecule has 0 saturated heterocycles. The first kappa shape index (κ1) is 13.1. The van der Waals surface area contributed by atoms with E-state index in [-0.39, 0.29) is 11.5 Å². The minimum atomic E-state index is -0.455. The molecule has 1 N–H and O–H groups in total. The Morgan fingerprint density at radius 3 is 2.71 bits per heavy atom. The van der Waals surface area contributed by atoms with Gasteiger partial charge in [-0.2, -0.15) is 0 Å². The van der Waals surface area contributed by atoms with Gasteiger partial charge in [0.1, 0.15) is 6.33 Å². The van der Waals surface area contributed by atoms with Gasteiger partial charge in [-0.3, -0.25) is 10.1 Å². The number of nitrogens with zero attached hydrogens (tertiary/aromatic N) is 4. The molecule has 0 amide bonds. The summed E-state index contributed by atoms with van der Waals surface area (Å²) in [6.07, 6.45) is 3.29. The molecular weight excluding hydrogens is 222 g/mol. The molecule has 1 aromatic rings. The zero-order chi connectivity index (χ0) is 12.8. The van der Waals surface area contributed by atoms with Crippen LogP contribution in [0.5, 0.6) is 0 Å². The number of nitro groups is 1. The molecule has 1 heterocycles. The van der Waals surface area contributed by atoms with Gasteiger partial charge in [-0.15, -0.1) is 0 Å². The van der Waals surface area contributed by atoms with E-state index in [2.05, 4.69) is 22.2 Å². The first-order valence-corrected chi connectivity index (χ1v) is 5.48. The van der Waals surface area contributed by atoms with Gasteiger partial charge in [0.05, 0.1) is 4.92 Å². The van der Waals surface area contributed by atoms with Crippen LogP contribution in [-0.4, -0.2) is 35.5 Å². The first-order valence-electron chi connectivity index (χ1n) is 5.48. The molecule has 0 saturated carbocycles. The summed E-state index contributed by atoms with van der Waals surface area (Å²) in [4.78, 5) is 20.0. The summed E-state index contributed by atoms with van der Waals surface area (Å²) < 4.78 is 0. The second kappa shape index (κ2) is 5.97. The van der Waals surface area contributed by atoms with E-state index in [1.807, 2.05) is 0 Å². The van der Waals surface area contributed by atoms with Crippen molar-refractivity contribution in [1.29, 1.82) is 0 Å². The Morgan fingerprint density at radius 1 is 1.47 bits per heavy atom. The summed E-state index contributed by atoms with van der Waals surface area (Å²) in [5.41, 5.74) is -0.0754. The van der Waals surface area contributed by atoms with E-state index in [4.69, 9.17) is 0 Å². The Bertz CT molecular complexity index is 394. The molecule has 1 aromatic heterocycles. The molecule has 0 spiro atoms. The lowest BCUT2D eigenvalue weighted by Crippen LogP contribution is -2.15. The SMILES string of the molecule is CCCCNc1ncnc(N(C)C)c1[N+](=O)[O-]. The summed E-state index contributed by atoms with van der Waals surface area (Å²) in [7, 11) is 3.43. The summed E-state index contributed by atoms with van der Waals surface area (Å²) >= 11 is 0. The molecule has 0 atom stereocenters. The van der Waals surface area contributed by atoms with Crippen LogP contribution in [0, 0.1) is 10.1 Å². The van der Waals surface area contributed by atoms with Gasteiger partial charge in [0.15, 0.2) is 0 Å². The Kier molecular flexibility index (Phi) is 4.62. The van der Waals surface area contributed by atoms with Crippen LogP contribution in [0.4, 0.5) is 17.3 Å². The minimum absolute atomic E-state index is 0.0754. The number of unbranched alkanes of at least 4 members (excludes halogenated alkanes) is 1. The van der Waals surface area contributed by atoms with Crippen LogP contribution in [0.25, 0.3) is 0 Å². The lowest BCUT2D eigenvalue weighted by atomic mass is 10.3. The number of hydrogen-bond donors (Lipinski definition) is 1. The van der Waals surface area contributed by atoms with E-state index >= 15 is 0 Å². The number of aromatic nitrogens is 2. The molecule has 0 aliphatic carbocycles. The van der Waals surface area contributed by atoms with E-state index in [0.717, 1.165) is 12.8 Å². The van der Waals surface area contributed by atoms with Gasteiger partial charge in [0.25, 0.3) is 0 Å². The van der Waals surface area contributed by atoms with Crippen LogP contribution < -0.4 is 10.2 Å². The molecule has 7 heteroatoms. The van der Waals surface area contributed by atoms with Crippen molar-refractivity contribution in [3.63, 3.8) is 0 Å². The fourth-order valence-corrected chi connectivity index (χ4v) is 1.38. The third-order valence-corrected chi connectivity index (χ3v) is 2.23. The minimum Gasteiger partial charge on any atom is -0.364 e. The lowest BCUT2D eigenvalue weighted by Gasteiger charge is -2.13. The second-order valence-electron chi connectivity index (χ2n) is 3.83. The first-order chi connectivity index (χ1) is 8.07. The summed E-state index contributed by atoms with van der Waals surface area (Å²) in [6.45, 7) is 2.72. The molecule has 94 valence electrons. The van der Waals surface area contributed by atoms with Crippen LogP contribution in [0.3, 0.4) is 0 Å². The maximum Gasteiger partial charge on any atom is 0.353 e. The molecular formula is C10H17N5O2. The highest BCUT2D eigenvalue weighted by Gasteiger charge is 2.23. The average Bonchev–Trinajstić information content (AvgIpc) is 2.28. The van der Waals surface area contributed by atoms with Gasteiger partial charge in [-0.05, 0) is 6.42 Å². The molecule has 17 heavy (non-hydrogen) atoms. The zero-order valence-electron chi connectivity index (χ0n) is 10.3. The number of hydrogen-bond acceptors (Lipinski definition) is 6. The van der Waals surface area contributed by atoms with Gasteiger partial charge in [0, 0.05) is 20.6 Å². The third kappa shape index (κ3) is 3.27. The van der Waals surface area contributed by atoms with Gasteiger partial charge in [-0.1, -0.05) is 13.3 Å². The fourth-order valence-electron chi connectivity index (χ4n) is 1.38. The molecule has 1 rings (SSSR count). The quantitative estimate of drug-likeness (QED) is 0.461. The summed E-state index contributed by atoms with van der Waals surface area (Å²) in [6, 6.07) is 0. The monoisotopic (exact) mass is 239 g/mol. The normalized spacial score (nSPS) is 10.1. The van der Waals surface area contributed by atoms with Gasteiger partial charge >= 0.3 is 5.69 Å². The largest absolute Gasteiger partial charge is 0.364 e. The maximum absolute atomic E-state index is 11.0. The Hall–Kier alpha value is -1.92. The fraction of sp³-hybridized carbons (Fsp3) is 0.600. The van der Waals surface area contributed by atoms with Gasteiger partial charge in [-0.25, -0.2) is 9.97 Å². The smallest absolute Gasteiger partial charge is 0.353 e. The van der Waals surface area contributed by atoms with E-state index in [1.165, 1.54) is 6.33 Å². The van der Waals surface area contributed by atoms with Gasteiger partial charge in [0.2, 0.25) is 11.6 Å². The van der Waals surface area contributed by atoms with Crippen molar-refractivity contribution in [3.05, 3.63) is 16.4 Å². The molecule has 7 nitrogen and oxygen atoms in total. The van der Waals surface area contributed by atoms with Crippen LogP contribution in [0.2, 0.25) is 0 Å². The predicted molar refractivity (Wildman–Crippen MR) is 66.4 cm³/mol. The van der Waals surface area contributed by atoms with Crippen molar-refractivity contribution in [2.75, 3.05) is 30.9 Å². The van der Waals surface area contributed by atoms with Crippen molar-refractivity contribution in [3.8, 4) is 0 Å². The number of rotatable bonds is 6. The highest BCUT2D eigenvalue weighted by Crippen LogP contribution is 2.30. The van der Waals surface area contributed by atoms with Crippen molar-refractivity contribution in [2.24, 2.45) is 0 Å². The zero-order valence-corrected chi connectivity index (χ0v) is 10.3. The Balaban J connectivity index is 3.03. The highest BCUT2D eigenvalue weighted by molar-refractivity contribution is 5.69. The van der Waals surface area contributed by atoms with Crippen LogP contribution in [0.15, 0.2) is 6.33 Å². The Labute approximate surface area is 100 Å². The van der Waals surface area contributed by atoms with Crippen LogP contribution in [-0.2, 0) is 0 Å². The van der Waals surface area contributed by atoms with Crippen molar-refractivity contribution in [2.45, 2.75) is 19.8 Å². The summed E-state index contributed by atoms with van der Waals surface area (Å²) in [5, 5.41) is 14.0. The van der Waals surface area contributed by atoms with Gasteiger partial charge < -0.3 is 10.2 Å². The van der Waals surface area contributed by atoms with Crippen LogP contribution >= 0.6 is 0 Å². The molecule has 0 aromatic carbocycles. The topological polar surface area (TPSA) is 84.2 Å². The van der Waals surface area contributed by atoms with Crippen molar-refractivity contribution >= 4 is 17.3 Å². The van der Waals surface area contributed by atoms with Crippen LogP contribution in [0.1, 0.15) is 19.8 Å². The molecule has 0 aliphatic rings. The Morgan fingerprint density at radius 2 is 2.18 bits per heavy atom. The average molecular weight is 239 g/mol. The van der Waals surface area contributed by atoms with E-state index in [0.29, 0.717) is 12.4 Å². The maximum atomic E-state index is 11.0. The van der Waals surface area contributed by atoms with Crippen molar-refractivity contribution in [1.82, 2.24) is 9.97 Å². The molecule has 0 unspecified atom stereocenters. The van der Waals surface area contributed by atoms with E-state index < -0.39 is 4.92 Å². The summed E-state index contributed by atoms with van der Waals surface area (Å²) in [5.74, 6) is 0.589. The van der Waals surface area contributed by atoms with E-state index in [1.54, 1.807) is 19.0 Å². The predicted octanol–water partition coefficient (Wildman–Crippen LogP) is 1.66. The second-order valence-corrected chi connectivity index (χ2v) is 3.83. The number of nitrogens with one attached hydrogen (secondary N) is 1. The molecule has 0 radical (unpaired) electrons. The van der Waals surface area contributed by atoms with Crippen molar-refractivity contribution < 1.29 is 4.92 Å². The lowest BCUT2D eigenvalue weighted by molar-refractivity contribution is -0.383. The molecule has 0 aliphatic heterocycles. The molecule has 0 bridgehead atoms. The molecule has 0 fully saturated rings.